The van der Waals surface area contributed by atoms with Crippen LogP contribution in [0.2, 0.25) is 10.0 Å². The van der Waals surface area contributed by atoms with E-state index in [0.29, 0.717) is 37.7 Å². The third-order valence-corrected chi connectivity index (χ3v) is 8.67. The number of halogens is 3. The molecule has 0 aliphatic rings. The first kappa shape index (κ1) is 31.9. The molecule has 5 rings (SSSR count). The summed E-state index contributed by atoms with van der Waals surface area (Å²) < 4.78 is 13.4. The molecule has 0 aliphatic carbocycles. The summed E-state index contributed by atoms with van der Waals surface area (Å²) in [5.74, 6) is -1.53. The van der Waals surface area contributed by atoms with Crippen LogP contribution in [0.1, 0.15) is 15.9 Å². The summed E-state index contributed by atoms with van der Waals surface area (Å²) in [6, 6.07) is 26.2. The number of rotatable bonds is 10. The number of hydrogen-bond donors (Lipinski definition) is 3. The lowest BCUT2D eigenvalue weighted by atomic mass is 10.1. The molecule has 1 heterocycles. The smallest absolute Gasteiger partial charge is 0.272 e. The van der Waals surface area contributed by atoms with E-state index in [9.17, 15) is 18.8 Å². The van der Waals surface area contributed by atoms with E-state index in [1.807, 2.05) is 5.38 Å². The average molecular weight is 678 g/mol. The SMILES string of the molecule is O=C(CSc1ccc(NC(=O)/C(=C/c2ccc(F)cc2)NC(=O)c2ccccc2)cc1)Nc1nc(-c2ccc(Cl)c(Cl)c2)cs1. The standard InChI is InChI=1S/C33H23Cl2FN4O3S2/c34-26-15-8-22(17-27(26)35)29-18-45-33(39-29)40-30(41)19-44-25-13-11-24(12-14-25)37-32(43)28(16-20-6-9-23(36)10-7-20)38-31(42)21-4-2-1-3-5-21/h1-18H,19H2,(H,37,43)(H,38,42)(H,39,40,41)/b28-16-. The van der Waals surface area contributed by atoms with Gasteiger partial charge in [0.1, 0.15) is 11.5 Å². The summed E-state index contributed by atoms with van der Waals surface area (Å²) in [7, 11) is 0. The van der Waals surface area contributed by atoms with Gasteiger partial charge >= 0.3 is 0 Å². The second kappa shape index (κ2) is 15.0. The lowest BCUT2D eigenvalue weighted by molar-refractivity contribution is -0.114. The first-order valence-electron chi connectivity index (χ1n) is 13.3. The van der Waals surface area contributed by atoms with Crippen LogP contribution in [0.3, 0.4) is 0 Å². The molecular weight excluding hydrogens is 654 g/mol. The van der Waals surface area contributed by atoms with Gasteiger partial charge in [0.2, 0.25) is 5.91 Å². The number of carbonyl (C=O) groups excluding carboxylic acids is 3. The van der Waals surface area contributed by atoms with E-state index in [1.165, 1.54) is 53.4 Å². The molecule has 0 unspecified atom stereocenters. The van der Waals surface area contributed by atoms with E-state index in [0.717, 1.165) is 10.5 Å². The average Bonchev–Trinajstić information content (AvgIpc) is 3.51. The van der Waals surface area contributed by atoms with Crippen molar-refractivity contribution in [2.45, 2.75) is 4.90 Å². The second-order valence-corrected chi connectivity index (χ2v) is 12.1. The van der Waals surface area contributed by atoms with Crippen LogP contribution < -0.4 is 16.0 Å². The fraction of sp³-hybridized carbons (Fsp3) is 0.0303. The summed E-state index contributed by atoms with van der Waals surface area (Å²) in [5.41, 5.74) is 2.83. The van der Waals surface area contributed by atoms with Crippen molar-refractivity contribution in [1.82, 2.24) is 10.3 Å². The zero-order valence-electron chi connectivity index (χ0n) is 23.2. The van der Waals surface area contributed by atoms with Gasteiger partial charge in [-0.15, -0.1) is 23.1 Å². The zero-order valence-corrected chi connectivity index (χ0v) is 26.4. The van der Waals surface area contributed by atoms with Crippen molar-refractivity contribution in [1.29, 1.82) is 0 Å². The van der Waals surface area contributed by atoms with Crippen LogP contribution in [-0.4, -0.2) is 28.5 Å². The summed E-state index contributed by atoms with van der Waals surface area (Å²) >= 11 is 14.7. The quantitative estimate of drug-likeness (QED) is 0.102. The lowest BCUT2D eigenvalue weighted by Gasteiger charge is -2.12. The molecule has 1 aromatic heterocycles. The van der Waals surface area contributed by atoms with Crippen molar-refractivity contribution in [3.8, 4) is 11.3 Å². The highest BCUT2D eigenvalue weighted by Gasteiger charge is 2.16. The largest absolute Gasteiger partial charge is 0.321 e. The van der Waals surface area contributed by atoms with Gasteiger partial charge in [0.05, 0.1) is 21.5 Å². The van der Waals surface area contributed by atoms with Gasteiger partial charge in [-0.05, 0) is 72.3 Å². The van der Waals surface area contributed by atoms with Gasteiger partial charge in [-0.1, -0.05) is 59.6 Å². The van der Waals surface area contributed by atoms with Crippen molar-refractivity contribution in [3.63, 3.8) is 0 Å². The molecule has 12 heteroatoms. The van der Waals surface area contributed by atoms with Gasteiger partial charge in [0, 0.05) is 27.1 Å². The first-order valence-corrected chi connectivity index (χ1v) is 15.9. The maximum absolute atomic E-state index is 13.4. The van der Waals surface area contributed by atoms with Crippen LogP contribution in [0.15, 0.2) is 113 Å². The normalized spacial score (nSPS) is 11.1. The van der Waals surface area contributed by atoms with Gasteiger partial charge < -0.3 is 16.0 Å². The van der Waals surface area contributed by atoms with Crippen molar-refractivity contribution < 1.29 is 18.8 Å². The highest BCUT2D eigenvalue weighted by Crippen LogP contribution is 2.30. The maximum atomic E-state index is 13.4. The highest BCUT2D eigenvalue weighted by molar-refractivity contribution is 8.00. The molecule has 3 amide bonds. The Kier molecular flexibility index (Phi) is 10.6. The van der Waals surface area contributed by atoms with Gasteiger partial charge in [-0.3, -0.25) is 14.4 Å². The number of carbonyl (C=O) groups is 3. The topological polar surface area (TPSA) is 100 Å². The van der Waals surface area contributed by atoms with E-state index >= 15 is 0 Å². The number of nitrogens with zero attached hydrogens (tertiary/aromatic N) is 1. The Morgan fingerprint density at radius 1 is 0.867 bits per heavy atom. The third-order valence-electron chi connectivity index (χ3n) is 6.16. The number of hydrogen-bond acceptors (Lipinski definition) is 6. The van der Waals surface area contributed by atoms with Crippen molar-refractivity contribution >= 4 is 80.9 Å². The van der Waals surface area contributed by atoms with E-state index in [4.69, 9.17) is 23.2 Å². The molecule has 0 fully saturated rings. The molecule has 0 bridgehead atoms. The summed E-state index contributed by atoms with van der Waals surface area (Å²) in [4.78, 5) is 43.8. The van der Waals surface area contributed by atoms with Crippen LogP contribution in [0.25, 0.3) is 17.3 Å². The molecule has 0 spiro atoms. The molecule has 3 N–H and O–H groups in total. The molecule has 0 radical (unpaired) electrons. The molecule has 5 aromatic rings. The molecule has 226 valence electrons. The maximum Gasteiger partial charge on any atom is 0.272 e. The Morgan fingerprint density at radius 2 is 1.60 bits per heavy atom. The van der Waals surface area contributed by atoms with Crippen molar-refractivity contribution in [2.24, 2.45) is 0 Å². The van der Waals surface area contributed by atoms with Crippen molar-refractivity contribution in [2.75, 3.05) is 16.4 Å². The Bertz CT molecular complexity index is 1870. The van der Waals surface area contributed by atoms with Gasteiger partial charge in [0.15, 0.2) is 5.13 Å². The summed E-state index contributed by atoms with van der Waals surface area (Å²) in [6.45, 7) is 0. The Balaban J connectivity index is 1.18. The number of aromatic nitrogens is 1. The zero-order chi connectivity index (χ0) is 31.8. The molecule has 0 aliphatic heterocycles. The molecular formula is C33H23Cl2FN4O3S2. The molecule has 0 atom stereocenters. The van der Waals surface area contributed by atoms with E-state index in [1.54, 1.807) is 72.8 Å². The minimum absolute atomic E-state index is 0.0184. The minimum Gasteiger partial charge on any atom is -0.321 e. The molecule has 0 saturated heterocycles. The predicted molar refractivity (Wildman–Crippen MR) is 180 cm³/mol. The second-order valence-electron chi connectivity index (χ2n) is 9.41. The molecule has 45 heavy (non-hydrogen) atoms. The van der Waals surface area contributed by atoms with Crippen LogP contribution in [-0.2, 0) is 9.59 Å². The highest BCUT2D eigenvalue weighted by atomic mass is 35.5. The fourth-order valence-electron chi connectivity index (χ4n) is 3.92. The summed E-state index contributed by atoms with van der Waals surface area (Å²) in [5, 5.41) is 11.4. The van der Waals surface area contributed by atoms with Crippen LogP contribution in [0.4, 0.5) is 15.2 Å². The van der Waals surface area contributed by atoms with Crippen LogP contribution in [0, 0.1) is 5.82 Å². The van der Waals surface area contributed by atoms with Crippen molar-refractivity contribution in [3.05, 3.63) is 135 Å². The molecule has 7 nitrogen and oxygen atoms in total. The van der Waals surface area contributed by atoms with E-state index in [2.05, 4.69) is 20.9 Å². The predicted octanol–water partition coefficient (Wildman–Crippen LogP) is 8.40. The van der Waals surface area contributed by atoms with E-state index in [-0.39, 0.29) is 17.4 Å². The van der Waals surface area contributed by atoms with Gasteiger partial charge in [-0.25, -0.2) is 9.37 Å². The first-order chi connectivity index (χ1) is 21.7. The third kappa shape index (κ3) is 9.02. The minimum atomic E-state index is -0.563. The number of anilines is 2. The van der Waals surface area contributed by atoms with Gasteiger partial charge in [0.25, 0.3) is 11.8 Å². The van der Waals surface area contributed by atoms with Crippen LogP contribution >= 0.6 is 46.3 Å². The molecule has 4 aromatic carbocycles. The fourth-order valence-corrected chi connectivity index (χ4v) is 5.66. The summed E-state index contributed by atoms with van der Waals surface area (Å²) in [6.07, 6.45) is 1.47. The number of thioether (sulfide) groups is 1. The van der Waals surface area contributed by atoms with Gasteiger partial charge in [-0.2, -0.15) is 0 Å². The monoisotopic (exact) mass is 676 g/mol. The number of amides is 3. The Morgan fingerprint density at radius 3 is 2.31 bits per heavy atom. The Hall–Kier alpha value is -4.48. The number of benzene rings is 4. The lowest BCUT2D eigenvalue weighted by Crippen LogP contribution is -2.30. The number of thiazole rings is 1. The van der Waals surface area contributed by atoms with E-state index < -0.39 is 17.6 Å². The van der Waals surface area contributed by atoms with Crippen LogP contribution in [0.5, 0.6) is 0 Å². The Labute approximate surface area is 276 Å². The molecule has 0 saturated carbocycles. The number of nitrogens with one attached hydrogen (secondary N) is 3.